The molecular formula is C3H4BN. The maximum atomic E-state index is 3.78. The van der Waals surface area contributed by atoms with Crippen molar-refractivity contribution in [1.29, 1.82) is 0 Å². The quantitative estimate of drug-likeness (QED) is 0.353. The summed E-state index contributed by atoms with van der Waals surface area (Å²) in [6, 6.07) is 0. The van der Waals surface area contributed by atoms with Gasteiger partial charge in [-0.1, -0.05) is 0 Å². The maximum absolute atomic E-state index is 3.78. The Hall–Kier alpha value is -0.355. The summed E-state index contributed by atoms with van der Waals surface area (Å²) in [4.78, 5) is 3.78. The SMILES string of the molecule is B1=C=NCC1. The van der Waals surface area contributed by atoms with Gasteiger partial charge in [0.2, 0.25) is 0 Å². The topological polar surface area (TPSA) is 12.4 Å². The van der Waals surface area contributed by atoms with Crippen LogP contribution in [-0.4, -0.2) is 19.2 Å². The average molecular weight is 64.9 g/mol. The fourth-order valence-corrected chi connectivity index (χ4v) is 0.323. The van der Waals surface area contributed by atoms with Crippen LogP contribution in [0, 0.1) is 0 Å². The van der Waals surface area contributed by atoms with Gasteiger partial charge in [-0.15, -0.1) is 0 Å². The molecule has 1 aliphatic heterocycles. The molecule has 0 spiro atoms. The van der Waals surface area contributed by atoms with Crippen molar-refractivity contribution >= 4 is 12.7 Å². The average Bonchev–Trinajstić information content (AvgIpc) is 1.76. The van der Waals surface area contributed by atoms with Crippen LogP contribution in [0.4, 0.5) is 0 Å². The molecule has 1 nitrogen and oxygen atoms in total. The van der Waals surface area contributed by atoms with Gasteiger partial charge in [-0.25, -0.2) is 0 Å². The summed E-state index contributed by atoms with van der Waals surface area (Å²) in [6.07, 6.45) is 1.10. The first-order chi connectivity index (χ1) is 2.50. The summed E-state index contributed by atoms with van der Waals surface area (Å²) in [5, 5.41) is 0. The van der Waals surface area contributed by atoms with E-state index in [0.717, 1.165) is 12.9 Å². The molecule has 0 bridgehead atoms. The van der Waals surface area contributed by atoms with E-state index in [0.29, 0.717) is 0 Å². The van der Waals surface area contributed by atoms with Crippen molar-refractivity contribution in [3.05, 3.63) is 0 Å². The number of hydrogen-bond acceptors (Lipinski definition) is 1. The van der Waals surface area contributed by atoms with Crippen molar-refractivity contribution in [3.63, 3.8) is 0 Å². The van der Waals surface area contributed by atoms with Crippen molar-refractivity contribution < 1.29 is 0 Å². The molecule has 0 saturated heterocycles. The molecule has 0 aromatic rings. The molecule has 0 aromatic heterocycles. The van der Waals surface area contributed by atoms with Crippen LogP contribution in [0.15, 0.2) is 4.99 Å². The van der Waals surface area contributed by atoms with E-state index in [9.17, 15) is 0 Å². The van der Waals surface area contributed by atoms with Gasteiger partial charge in [0.25, 0.3) is 0 Å². The second kappa shape index (κ2) is 1.18. The second-order valence-electron chi connectivity index (χ2n) is 1.00. The molecule has 0 atom stereocenters. The van der Waals surface area contributed by atoms with Crippen LogP contribution in [0.3, 0.4) is 0 Å². The van der Waals surface area contributed by atoms with Crippen LogP contribution in [0.25, 0.3) is 0 Å². The Labute approximate surface area is 31.6 Å². The van der Waals surface area contributed by atoms with Crippen LogP contribution in [0.1, 0.15) is 0 Å². The van der Waals surface area contributed by atoms with E-state index in [-0.39, 0.29) is 0 Å². The third kappa shape index (κ3) is 0.457. The Morgan fingerprint density at radius 3 is 3.00 bits per heavy atom. The first-order valence-electron chi connectivity index (χ1n) is 1.74. The van der Waals surface area contributed by atoms with Crippen LogP contribution >= 0.6 is 0 Å². The Morgan fingerprint density at radius 2 is 2.80 bits per heavy atom. The molecule has 1 aliphatic rings. The summed E-state index contributed by atoms with van der Waals surface area (Å²) < 4.78 is 0. The molecular weight excluding hydrogens is 60.9 g/mol. The zero-order valence-corrected chi connectivity index (χ0v) is 2.94. The number of aliphatic imine (C=N–C) groups is 1. The van der Waals surface area contributed by atoms with E-state index < -0.39 is 0 Å². The molecule has 0 saturated carbocycles. The fourth-order valence-electron chi connectivity index (χ4n) is 0.323. The van der Waals surface area contributed by atoms with Crippen LogP contribution in [0.5, 0.6) is 0 Å². The van der Waals surface area contributed by atoms with Crippen LogP contribution in [-0.2, 0) is 0 Å². The third-order valence-corrected chi connectivity index (χ3v) is 0.568. The predicted molar refractivity (Wildman–Crippen MR) is 22.9 cm³/mol. The molecule has 0 aliphatic carbocycles. The van der Waals surface area contributed by atoms with Gasteiger partial charge in [-0.3, -0.25) is 0 Å². The zero-order valence-electron chi connectivity index (χ0n) is 2.94. The second-order valence-corrected chi connectivity index (χ2v) is 1.00. The van der Waals surface area contributed by atoms with Crippen molar-refractivity contribution in [2.75, 3.05) is 6.54 Å². The zero-order chi connectivity index (χ0) is 3.54. The van der Waals surface area contributed by atoms with Crippen molar-refractivity contribution in [2.45, 2.75) is 6.32 Å². The van der Waals surface area contributed by atoms with Gasteiger partial charge in [0.05, 0.1) is 0 Å². The number of rotatable bonds is 0. The normalized spacial score (nSPS) is 16.0. The van der Waals surface area contributed by atoms with E-state index in [1.807, 2.05) is 6.92 Å². The van der Waals surface area contributed by atoms with Crippen LogP contribution in [0.2, 0.25) is 6.32 Å². The van der Waals surface area contributed by atoms with Gasteiger partial charge in [0.1, 0.15) is 0 Å². The molecule has 0 radical (unpaired) electrons. The molecule has 0 N–H and O–H groups in total. The fraction of sp³-hybridized carbons (Fsp3) is 0.667. The molecule has 1 heterocycles. The molecule has 5 heavy (non-hydrogen) atoms. The van der Waals surface area contributed by atoms with E-state index in [4.69, 9.17) is 0 Å². The van der Waals surface area contributed by atoms with E-state index in [1.165, 1.54) is 0 Å². The number of hydrogen-bond donors (Lipinski definition) is 0. The van der Waals surface area contributed by atoms with E-state index >= 15 is 0 Å². The molecule has 0 aromatic carbocycles. The monoisotopic (exact) mass is 65.0 g/mol. The first-order valence-corrected chi connectivity index (χ1v) is 1.74. The summed E-state index contributed by atoms with van der Waals surface area (Å²) in [6.45, 7) is 2.90. The molecule has 0 fully saturated rings. The van der Waals surface area contributed by atoms with Crippen LogP contribution < -0.4 is 0 Å². The van der Waals surface area contributed by atoms with Gasteiger partial charge in [-0.05, 0) is 0 Å². The van der Waals surface area contributed by atoms with Crippen molar-refractivity contribution in [1.82, 2.24) is 0 Å². The summed E-state index contributed by atoms with van der Waals surface area (Å²) >= 11 is 0. The minimum atomic E-state index is 0.958. The van der Waals surface area contributed by atoms with Gasteiger partial charge >= 0.3 is 30.5 Å². The first kappa shape index (κ1) is 2.86. The van der Waals surface area contributed by atoms with Crippen molar-refractivity contribution in [3.8, 4) is 0 Å². The van der Waals surface area contributed by atoms with E-state index in [2.05, 4.69) is 10.8 Å². The molecule has 0 unspecified atom stereocenters. The molecule has 24 valence electrons. The standard InChI is InChI=1S/C3H4BN/c1-2-5-3-4-1/h1-2H2. The van der Waals surface area contributed by atoms with E-state index in [1.54, 1.807) is 0 Å². The molecule has 1 rings (SSSR count). The van der Waals surface area contributed by atoms with Crippen molar-refractivity contribution in [2.24, 2.45) is 4.99 Å². The van der Waals surface area contributed by atoms with Gasteiger partial charge in [0.15, 0.2) is 0 Å². The molecule has 2 heteroatoms. The molecule has 0 amide bonds. The Morgan fingerprint density at radius 1 is 1.80 bits per heavy atom. The Kier molecular flexibility index (Phi) is 0.676. The Balaban J connectivity index is 2.64. The van der Waals surface area contributed by atoms with Gasteiger partial charge in [0, 0.05) is 0 Å². The summed E-state index contributed by atoms with van der Waals surface area (Å²) in [5.41, 5.74) is 0. The minimum absolute atomic E-state index is 0.958. The summed E-state index contributed by atoms with van der Waals surface area (Å²) in [5.74, 6) is 2.72. The predicted octanol–water partition coefficient (Wildman–Crippen LogP) is 0.0278. The van der Waals surface area contributed by atoms with Gasteiger partial charge in [-0.2, -0.15) is 0 Å². The van der Waals surface area contributed by atoms with Gasteiger partial charge < -0.3 is 0 Å². The Bertz CT molecular complexity index is 72.9. The number of nitrogens with zero attached hydrogens (tertiary/aromatic N) is 1. The third-order valence-electron chi connectivity index (χ3n) is 0.568. The summed E-state index contributed by atoms with van der Waals surface area (Å²) in [7, 11) is 0.